The Labute approximate surface area is 137 Å². The van der Waals surface area contributed by atoms with Crippen LogP contribution in [-0.2, 0) is 16.6 Å². The molecule has 0 saturated carbocycles. The van der Waals surface area contributed by atoms with E-state index in [1.807, 2.05) is 13.0 Å². The fraction of sp³-hybridized carbons (Fsp3) is 0.286. The largest absolute Gasteiger partial charge is 0.380 e. The van der Waals surface area contributed by atoms with Crippen molar-refractivity contribution in [2.24, 2.45) is 0 Å². The molecule has 2 aromatic rings. The molecule has 0 atom stereocenters. The zero-order chi connectivity index (χ0) is 15.6. The van der Waals surface area contributed by atoms with Gasteiger partial charge in [-0.05, 0) is 60.6 Å². The van der Waals surface area contributed by atoms with Crippen molar-refractivity contribution in [1.29, 1.82) is 0 Å². The maximum Gasteiger partial charge on any atom is 0.240 e. The van der Waals surface area contributed by atoms with E-state index >= 15 is 0 Å². The van der Waals surface area contributed by atoms with Crippen molar-refractivity contribution in [3.63, 3.8) is 0 Å². The molecule has 0 radical (unpaired) electrons. The third kappa shape index (κ3) is 3.85. The lowest BCUT2D eigenvalue weighted by Gasteiger charge is -2.11. The highest BCUT2D eigenvalue weighted by Crippen LogP contribution is 2.27. The minimum atomic E-state index is -3.42. The number of hydrogen-bond donors (Lipinski definition) is 2. The van der Waals surface area contributed by atoms with Crippen molar-refractivity contribution >= 4 is 43.0 Å². The highest BCUT2D eigenvalue weighted by Gasteiger charge is 2.13. The number of rotatable bonds is 5. The molecule has 4 nitrogen and oxygen atoms in total. The monoisotopic (exact) mass is 388 g/mol. The topological polar surface area (TPSA) is 58.2 Å². The predicted octanol–water partition coefficient (Wildman–Crippen LogP) is 3.65. The van der Waals surface area contributed by atoms with E-state index in [2.05, 4.69) is 39.0 Å². The molecule has 2 rings (SSSR count). The molecular formula is C14H17BrN2O2S2. The molecule has 0 bridgehead atoms. The van der Waals surface area contributed by atoms with Crippen LogP contribution in [0.25, 0.3) is 0 Å². The molecule has 0 unspecified atom stereocenters. The Morgan fingerprint density at radius 1 is 1.24 bits per heavy atom. The third-order valence-electron chi connectivity index (χ3n) is 3.15. The summed E-state index contributed by atoms with van der Waals surface area (Å²) in [6, 6.07) is 7.16. The van der Waals surface area contributed by atoms with Crippen LogP contribution in [0.4, 0.5) is 5.69 Å². The van der Waals surface area contributed by atoms with Crippen molar-refractivity contribution in [2.75, 3.05) is 12.4 Å². The average Bonchev–Trinajstić information content (AvgIpc) is 2.76. The lowest BCUT2D eigenvalue weighted by molar-refractivity contribution is 0.588. The number of benzene rings is 1. The molecule has 0 aliphatic carbocycles. The Hall–Kier alpha value is -0.890. The Balaban J connectivity index is 2.21. The van der Waals surface area contributed by atoms with Crippen LogP contribution in [-0.4, -0.2) is 15.5 Å². The van der Waals surface area contributed by atoms with E-state index in [0.717, 1.165) is 15.7 Å². The van der Waals surface area contributed by atoms with Crippen LogP contribution in [0, 0.1) is 13.8 Å². The van der Waals surface area contributed by atoms with Crippen molar-refractivity contribution < 1.29 is 8.42 Å². The molecule has 1 aromatic carbocycles. The number of halogens is 1. The summed E-state index contributed by atoms with van der Waals surface area (Å²) >= 11 is 5.21. The van der Waals surface area contributed by atoms with Crippen LogP contribution in [0.15, 0.2) is 33.6 Å². The predicted molar refractivity (Wildman–Crippen MR) is 91.5 cm³/mol. The quantitative estimate of drug-likeness (QED) is 0.821. The summed E-state index contributed by atoms with van der Waals surface area (Å²) in [5.41, 5.74) is 1.84. The molecule has 0 amide bonds. The lowest BCUT2D eigenvalue weighted by Crippen LogP contribution is -2.18. The van der Waals surface area contributed by atoms with Crippen LogP contribution >= 0.6 is 27.3 Å². The minimum Gasteiger partial charge on any atom is -0.380 e. The van der Waals surface area contributed by atoms with E-state index < -0.39 is 10.0 Å². The Morgan fingerprint density at radius 2 is 1.95 bits per heavy atom. The smallest absolute Gasteiger partial charge is 0.240 e. The number of hydrogen-bond acceptors (Lipinski definition) is 4. The van der Waals surface area contributed by atoms with Gasteiger partial charge in [-0.25, -0.2) is 13.1 Å². The van der Waals surface area contributed by atoms with E-state index in [9.17, 15) is 8.42 Å². The summed E-state index contributed by atoms with van der Waals surface area (Å²) in [4.78, 5) is 2.69. The van der Waals surface area contributed by atoms with E-state index in [1.54, 1.807) is 23.5 Å². The standard InChI is InChI=1S/C14H17BrN2O2S2/c1-9-4-5-12(21(18,19)16-3)7-14(9)17-8-11-6-13(15)10(2)20-11/h4-7,16-17H,8H2,1-3H3. The molecule has 0 saturated heterocycles. The van der Waals surface area contributed by atoms with Crippen molar-refractivity contribution in [2.45, 2.75) is 25.3 Å². The normalized spacial score (nSPS) is 11.6. The molecular weight excluding hydrogens is 372 g/mol. The van der Waals surface area contributed by atoms with Gasteiger partial charge in [0.1, 0.15) is 0 Å². The first-order valence-corrected chi connectivity index (χ1v) is 9.45. The van der Waals surface area contributed by atoms with Crippen LogP contribution < -0.4 is 10.0 Å². The van der Waals surface area contributed by atoms with Gasteiger partial charge in [0.2, 0.25) is 10.0 Å². The molecule has 21 heavy (non-hydrogen) atoms. The Kier molecular flexibility index (Phi) is 5.08. The van der Waals surface area contributed by atoms with Gasteiger partial charge in [0.05, 0.1) is 4.90 Å². The fourth-order valence-corrected chi connectivity index (χ4v) is 4.16. The van der Waals surface area contributed by atoms with Crippen LogP contribution in [0.1, 0.15) is 15.3 Å². The fourth-order valence-electron chi connectivity index (χ4n) is 1.86. The first kappa shape index (κ1) is 16.5. The summed E-state index contributed by atoms with van der Waals surface area (Å²) in [6.07, 6.45) is 0. The van der Waals surface area contributed by atoms with Crippen molar-refractivity contribution in [1.82, 2.24) is 4.72 Å². The summed E-state index contributed by atoms with van der Waals surface area (Å²) in [5.74, 6) is 0. The van der Waals surface area contributed by atoms with Gasteiger partial charge in [0, 0.05) is 26.5 Å². The van der Waals surface area contributed by atoms with Gasteiger partial charge in [-0.1, -0.05) is 6.07 Å². The van der Waals surface area contributed by atoms with Gasteiger partial charge in [0.15, 0.2) is 0 Å². The average molecular weight is 389 g/mol. The zero-order valence-electron chi connectivity index (χ0n) is 12.0. The molecule has 2 N–H and O–H groups in total. The van der Waals surface area contributed by atoms with Gasteiger partial charge in [0.25, 0.3) is 0 Å². The van der Waals surface area contributed by atoms with E-state index in [-0.39, 0.29) is 4.90 Å². The van der Waals surface area contributed by atoms with Gasteiger partial charge in [-0.15, -0.1) is 11.3 Å². The highest BCUT2D eigenvalue weighted by atomic mass is 79.9. The Bertz CT molecular complexity index is 735. The van der Waals surface area contributed by atoms with Crippen LogP contribution in [0.2, 0.25) is 0 Å². The van der Waals surface area contributed by atoms with E-state index in [4.69, 9.17) is 0 Å². The van der Waals surface area contributed by atoms with E-state index in [1.165, 1.54) is 16.8 Å². The number of nitrogens with one attached hydrogen (secondary N) is 2. The summed E-state index contributed by atoms with van der Waals surface area (Å²) in [6.45, 7) is 4.68. The number of aryl methyl sites for hydroxylation is 2. The molecule has 1 aromatic heterocycles. The molecule has 7 heteroatoms. The van der Waals surface area contributed by atoms with Gasteiger partial charge >= 0.3 is 0 Å². The van der Waals surface area contributed by atoms with Crippen molar-refractivity contribution in [3.05, 3.63) is 44.1 Å². The number of sulfonamides is 1. The summed E-state index contributed by atoms with van der Waals surface area (Å²) in [7, 11) is -2.01. The molecule has 0 spiro atoms. The van der Waals surface area contributed by atoms with Gasteiger partial charge in [-0.2, -0.15) is 0 Å². The van der Waals surface area contributed by atoms with Crippen molar-refractivity contribution in [3.8, 4) is 0 Å². The molecule has 0 aliphatic rings. The first-order valence-electron chi connectivity index (χ1n) is 6.36. The first-order chi connectivity index (χ1) is 9.83. The second-order valence-corrected chi connectivity index (χ2v) is 8.74. The second-order valence-electron chi connectivity index (χ2n) is 4.65. The second kappa shape index (κ2) is 6.48. The van der Waals surface area contributed by atoms with Crippen LogP contribution in [0.5, 0.6) is 0 Å². The zero-order valence-corrected chi connectivity index (χ0v) is 15.2. The minimum absolute atomic E-state index is 0.265. The lowest BCUT2D eigenvalue weighted by atomic mass is 10.2. The van der Waals surface area contributed by atoms with E-state index in [0.29, 0.717) is 6.54 Å². The molecule has 1 heterocycles. The Morgan fingerprint density at radius 3 is 2.52 bits per heavy atom. The van der Waals surface area contributed by atoms with Gasteiger partial charge < -0.3 is 5.32 Å². The number of anilines is 1. The van der Waals surface area contributed by atoms with Gasteiger partial charge in [-0.3, -0.25) is 0 Å². The van der Waals surface area contributed by atoms with Crippen LogP contribution in [0.3, 0.4) is 0 Å². The molecule has 0 aliphatic heterocycles. The maximum absolute atomic E-state index is 11.8. The molecule has 114 valence electrons. The highest BCUT2D eigenvalue weighted by molar-refractivity contribution is 9.10. The third-order valence-corrected chi connectivity index (χ3v) is 6.70. The summed E-state index contributed by atoms with van der Waals surface area (Å²) in [5, 5.41) is 3.30. The summed E-state index contributed by atoms with van der Waals surface area (Å²) < 4.78 is 27.1. The maximum atomic E-state index is 11.8. The molecule has 0 fully saturated rings. The number of thiophene rings is 1. The SMILES string of the molecule is CNS(=O)(=O)c1ccc(C)c(NCc2cc(Br)c(C)s2)c1.